The van der Waals surface area contributed by atoms with Crippen molar-refractivity contribution < 1.29 is 14.3 Å². The minimum Gasteiger partial charge on any atom is -0.490 e. The molecule has 0 aliphatic rings. The van der Waals surface area contributed by atoms with Gasteiger partial charge in [-0.15, -0.1) is 0 Å². The summed E-state index contributed by atoms with van der Waals surface area (Å²) in [4.78, 5) is 12.7. The smallest absolute Gasteiger partial charge is 0.203 e. The zero-order chi connectivity index (χ0) is 23.1. The van der Waals surface area contributed by atoms with E-state index in [0.29, 0.717) is 35.8 Å². The summed E-state index contributed by atoms with van der Waals surface area (Å²) in [7, 11) is 0. The highest BCUT2D eigenvalue weighted by Gasteiger charge is 2.13. The van der Waals surface area contributed by atoms with Crippen LogP contribution in [0.25, 0.3) is 6.08 Å². The van der Waals surface area contributed by atoms with Crippen molar-refractivity contribution in [3.05, 3.63) is 99.6 Å². The molecule has 4 heteroatoms. The van der Waals surface area contributed by atoms with Crippen LogP contribution in [0.4, 0.5) is 0 Å². The molecule has 0 saturated heterocycles. The fourth-order valence-electron chi connectivity index (χ4n) is 3.65. The van der Waals surface area contributed by atoms with Crippen LogP contribution in [-0.2, 0) is 6.61 Å². The number of hydrogen-bond donors (Lipinski definition) is 0. The highest BCUT2D eigenvalue weighted by Crippen LogP contribution is 2.31. The standard InChI is InChI=1S/C28H27NO3/c1-5-31-27-16-22(15-24(17-29)28(30)23-9-7-6-8-10-23)11-12-26(27)32-18-25-20(3)13-19(2)14-21(25)4/h6-16H,5,18H2,1-4H3. The van der Waals surface area contributed by atoms with Crippen molar-refractivity contribution in [2.45, 2.75) is 34.3 Å². The van der Waals surface area contributed by atoms with Gasteiger partial charge in [0, 0.05) is 5.56 Å². The molecule has 3 aromatic carbocycles. The number of hydrogen-bond acceptors (Lipinski definition) is 4. The Kier molecular flexibility index (Phi) is 7.46. The van der Waals surface area contributed by atoms with Crippen molar-refractivity contribution in [3.63, 3.8) is 0 Å². The van der Waals surface area contributed by atoms with Crippen LogP contribution < -0.4 is 9.47 Å². The van der Waals surface area contributed by atoms with Gasteiger partial charge in [-0.1, -0.05) is 54.1 Å². The quantitative estimate of drug-likeness (QED) is 0.239. The van der Waals surface area contributed by atoms with Gasteiger partial charge in [-0.3, -0.25) is 4.79 Å². The first-order chi connectivity index (χ1) is 15.4. The average molecular weight is 426 g/mol. The Labute approximate surface area is 189 Å². The summed E-state index contributed by atoms with van der Waals surface area (Å²) in [5, 5.41) is 9.53. The van der Waals surface area contributed by atoms with Gasteiger partial charge in [0.15, 0.2) is 11.5 Å². The molecule has 0 fully saturated rings. The van der Waals surface area contributed by atoms with Crippen LogP contribution in [0.15, 0.2) is 66.2 Å². The summed E-state index contributed by atoms with van der Waals surface area (Å²) in [5.74, 6) is 0.890. The van der Waals surface area contributed by atoms with Crippen molar-refractivity contribution in [2.24, 2.45) is 0 Å². The molecule has 0 heterocycles. The molecule has 0 amide bonds. The molecule has 0 radical (unpaired) electrons. The van der Waals surface area contributed by atoms with Crippen LogP contribution in [0, 0.1) is 32.1 Å². The van der Waals surface area contributed by atoms with Crippen LogP contribution in [0.3, 0.4) is 0 Å². The van der Waals surface area contributed by atoms with Crippen LogP contribution in [0.5, 0.6) is 11.5 Å². The topological polar surface area (TPSA) is 59.3 Å². The number of ether oxygens (including phenoxy) is 2. The van der Waals surface area contributed by atoms with Gasteiger partial charge < -0.3 is 9.47 Å². The summed E-state index contributed by atoms with van der Waals surface area (Å²) >= 11 is 0. The van der Waals surface area contributed by atoms with Crippen molar-refractivity contribution >= 4 is 11.9 Å². The van der Waals surface area contributed by atoms with Crippen molar-refractivity contribution in [3.8, 4) is 17.6 Å². The largest absolute Gasteiger partial charge is 0.490 e. The predicted octanol–water partition coefficient (Wildman–Crippen LogP) is 6.38. The number of allylic oxidation sites excluding steroid dienone is 1. The average Bonchev–Trinajstić information content (AvgIpc) is 2.78. The van der Waals surface area contributed by atoms with Crippen molar-refractivity contribution in [1.29, 1.82) is 5.26 Å². The Bertz CT molecular complexity index is 1160. The monoisotopic (exact) mass is 425 g/mol. The van der Waals surface area contributed by atoms with Crippen LogP contribution in [0.2, 0.25) is 0 Å². The molecule has 0 atom stereocenters. The Balaban J connectivity index is 1.86. The Morgan fingerprint density at radius 1 is 0.938 bits per heavy atom. The van der Waals surface area contributed by atoms with E-state index < -0.39 is 0 Å². The van der Waals surface area contributed by atoms with Gasteiger partial charge in [0.2, 0.25) is 5.78 Å². The third-order valence-electron chi connectivity index (χ3n) is 5.19. The second kappa shape index (κ2) is 10.5. The first kappa shape index (κ1) is 22.8. The normalized spacial score (nSPS) is 11.0. The van der Waals surface area contributed by atoms with E-state index in [2.05, 4.69) is 32.9 Å². The molecule has 162 valence electrons. The number of carbonyl (C=O) groups is 1. The number of nitrogens with zero attached hydrogens (tertiary/aromatic N) is 1. The minimum absolute atomic E-state index is 0.0678. The lowest BCUT2D eigenvalue weighted by molar-refractivity contribution is 0.104. The summed E-state index contributed by atoms with van der Waals surface area (Å²) in [6.45, 7) is 9.07. The third-order valence-corrected chi connectivity index (χ3v) is 5.19. The fourth-order valence-corrected chi connectivity index (χ4v) is 3.65. The van der Waals surface area contributed by atoms with Crippen LogP contribution >= 0.6 is 0 Å². The maximum atomic E-state index is 12.7. The minimum atomic E-state index is -0.309. The van der Waals surface area contributed by atoms with Gasteiger partial charge in [0.05, 0.1) is 6.61 Å². The van der Waals surface area contributed by atoms with Crippen molar-refractivity contribution in [1.82, 2.24) is 0 Å². The molecule has 0 aliphatic carbocycles. The first-order valence-electron chi connectivity index (χ1n) is 10.6. The zero-order valence-corrected chi connectivity index (χ0v) is 18.9. The number of Topliss-reactive ketones (excluding diaryl/α,β-unsaturated/α-hetero) is 1. The zero-order valence-electron chi connectivity index (χ0n) is 18.9. The molecule has 0 saturated carbocycles. The van der Waals surface area contributed by atoms with Crippen LogP contribution in [0.1, 0.15) is 45.1 Å². The number of aryl methyl sites for hydroxylation is 3. The van der Waals surface area contributed by atoms with Crippen LogP contribution in [-0.4, -0.2) is 12.4 Å². The molecule has 0 N–H and O–H groups in total. The number of ketones is 1. The highest BCUT2D eigenvalue weighted by atomic mass is 16.5. The summed E-state index contributed by atoms with van der Waals surface area (Å²) in [6, 6.07) is 20.5. The number of benzene rings is 3. The van der Waals surface area contributed by atoms with E-state index in [0.717, 1.165) is 5.56 Å². The lowest BCUT2D eigenvalue weighted by Crippen LogP contribution is -2.04. The van der Waals surface area contributed by atoms with E-state index in [4.69, 9.17) is 9.47 Å². The van der Waals surface area contributed by atoms with Gasteiger partial charge in [0.1, 0.15) is 18.2 Å². The molecular formula is C28H27NO3. The molecule has 3 rings (SSSR count). The molecule has 3 aromatic rings. The highest BCUT2D eigenvalue weighted by molar-refractivity contribution is 6.14. The molecule has 0 aliphatic heterocycles. The van der Waals surface area contributed by atoms with Gasteiger partial charge in [-0.05, 0) is 68.2 Å². The Morgan fingerprint density at radius 3 is 2.25 bits per heavy atom. The van der Waals surface area contributed by atoms with Gasteiger partial charge in [0.25, 0.3) is 0 Å². The predicted molar refractivity (Wildman–Crippen MR) is 127 cm³/mol. The van der Waals surface area contributed by atoms with E-state index in [1.165, 1.54) is 16.7 Å². The lowest BCUT2D eigenvalue weighted by atomic mass is 10.0. The van der Waals surface area contributed by atoms with E-state index in [9.17, 15) is 10.1 Å². The maximum absolute atomic E-state index is 12.7. The summed E-state index contributed by atoms with van der Waals surface area (Å²) in [5.41, 5.74) is 6.02. The molecule has 4 nitrogen and oxygen atoms in total. The molecule has 0 unspecified atom stereocenters. The fraction of sp³-hybridized carbons (Fsp3) is 0.214. The second-order valence-electron chi connectivity index (χ2n) is 7.67. The van der Waals surface area contributed by atoms with Gasteiger partial charge in [-0.2, -0.15) is 5.26 Å². The van der Waals surface area contributed by atoms with E-state index in [1.807, 2.05) is 31.2 Å². The van der Waals surface area contributed by atoms with Gasteiger partial charge in [-0.25, -0.2) is 0 Å². The number of carbonyl (C=O) groups excluding carboxylic acids is 1. The Hall–Kier alpha value is -3.84. The van der Waals surface area contributed by atoms with E-state index >= 15 is 0 Å². The molecular weight excluding hydrogens is 398 g/mol. The molecule has 0 aromatic heterocycles. The van der Waals surface area contributed by atoms with E-state index in [-0.39, 0.29) is 11.4 Å². The first-order valence-corrected chi connectivity index (χ1v) is 10.6. The molecule has 0 spiro atoms. The van der Waals surface area contributed by atoms with E-state index in [1.54, 1.807) is 36.4 Å². The summed E-state index contributed by atoms with van der Waals surface area (Å²) < 4.78 is 11.9. The maximum Gasteiger partial charge on any atom is 0.203 e. The third kappa shape index (κ3) is 5.44. The number of nitriles is 1. The summed E-state index contributed by atoms with van der Waals surface area (Å²) in [6.07, 6.45) is 1.58. The lowest BCUT2D eigenvalue weighted by Gasteiger charge is -2.16. The SMILES string of the molecule is CCOc1cc(C=C(C#N)C(=O)c2ccccc2)ccc1OCc1c(C)cc(C)cc1C. The molecule has 32 heavy (non-hydrogen) atoms. The van der Waals surface area contributed by atoms with Crippen molar-refractivity contribution in [2.75, 3.05) is 6.61 Å². The molecule has 0 bridgehead atoms. The second-order valence-corrected chi connectivity index (χ2v) is 7.67. The Morgan fingerprint density at radius 2 is 1.62 bits per heavy atom. The number of rotatable bonds is 8. The van der Waals surface area contributed by atoms with Gasteiger partial charge >= 0.3 is 0 Å².